The summed E-state index contributed by atoms with van der Waals surface area (Å²) in [5.41, 5.74) is 2.49. The number of carbonyl (C=O) groups excluding carboxylic acids is 1. The Kier molecular flexibility index (Phi) is 5.62. The van der Waals surface area contributed by atoms with Crippen molar-refractivity contribution < 1.29 is 27.6 Å². The van der Waals surface area contributed by atoms with E-state index in [0.717, 1.165) is 0 Å². The fraction of sp³-hybridized carbons (Fsp3) is 0.150. The first kappa shape index (κ1) is 20.4. The molecule has 2 aromatic carbocycles. The minimum absolute atomic E-state index is 0.0267. The highest BCUT2D eigenvalue weighted by molar-refractivity contribution is 7.89. The number of aromatic nitrogens is 1. The summed E-state index contributed by atoms with van der Waals surface area (Å²) in [6, 6.07) is 12.7. The summed E-state index contributed by atoms with van der Waals surface area (Å²) in [5.74, 6) is -0.890. The first-order chi connectivity index (χ1) is 13.7. The van der Waals surface area contributed by atoms with E-state index in [1.807, 2.05) is 0 Å². The van der Waals surface area contributed by atoms with Crippen LogP contribution in [-0.2, 0) is 14.8 Å². The fourth-order valence-electron chi connectivity index (χ4n) is 3.00. The van der Waals surface area contributed by atoms with Crippen LogP contribution in [0.3, 0.4) is 0 Å². The van der Waals surface area contributed by atoms with Crippen LogP contribution in [0.15, 0.2) is 57.9 Å². The van der Waals surface area contributed by atoms with Crippen molar-refractivity contribution in [2.24, 2.45) is 5.14 Å². The number of rotatable bonds is 7. The zero-order chi connectivity index (χ0) is 21.2. The lowest BCUT2D eigenvalue weighted by molar-refractivity contribution is -0.136. The van der Waals surface area contributed by atoms with E-state index in [1.165, 1.54) is 12.1 Å². The molecule has 150 valence electrons. The first-order valence-corrected chi connectivity index (χ1v) is 10.2. The van der Waals surface area contributed by atoms with Crippen molar-refractivity contribution in [2.45, 2.75) is 24.7 Å². The molecule has 29 heavy (non-hydrogen) atoms. The second-order valence-corrected chi connectivity index (χ2v) is 7.96. The third-order valence-corrected chi connectivity index (χ3v) is 5.31. The van der Waals surface area contributed by atoms with Gasteiger partial charge in [0.25, 0.3) is 0 Å². The molecule has 1 heterocycles. The van der Waals surface area contributed by atoms with Gasteiger partial charge in [-0.25, -0.2) is 13.6 Å². The Morgan fingerprint density at radius 3 is 2.34 bits per heavy atom. The Morgan fingerprint density at radius 1 is 1.07 bits per heavy atom. The Morgan fingerprint density at radius 2 is 1.72 bits per heavy atom. The number of carboxylic acids is 1. The van der Waals surface area contributed by atoms with Crippen LogP contribution >= 0.6 is 0 Å². The molecule has 0 aliphatic rings. The highest BCUT2D eigenvalue weighted by Gasteiger charge is 2.22. The van der Waals surface area contributed by atoms with Crippen LogP contribution in [0.5, 0.6) is 0 Å². The zero-order valence-electron chi connectivity index (χ0n) is 15.5. The minimum Gasteiger partial charge on any atom is -0.481 e. The molecule has 0 amide bonds. The molecular formula is C20H18N2O6S. The summed E-state index contributed by atoms with van der Waals surface area (Å²) < 4.78 is 28.3. The smallest absolute Gasteiger partial charge is 0.303 e. The maximum atomic E-state index is 12.6. The van der Waals surface area contributed by atoms with Crippen LogP contribution in [0.2, 0.25) is 0 Å². The van der Waals surface area contributed by atoms with E-state index in [2.05, 4.69) is 5.16 Å². The second kappa shape index (κ2) is 7.98. The molecule has 1 aromatic heterocycles. The van der Waals surface area contributed by atoms with Gasteiger partial charge < -0.3 is 9.63 Å². The normalized spacial score (nSPS) is 11.4. The highest BCUT2D eigenvalue weighted by atomic mass is 32.2. The van der Waals surface area contributed by atoms with E-state index in [9.17, 15) is 18.0 Å². The average Bonchev–Trinajstić information content (AvgIpc) is 3.06. The summed E-state index contributed by atoms with van der Waals surface area (Å²) in [6.45, 7) is 1.70. The Hall–Kier alpha value is -3.30. The number of primary sulfonamides is 1. The number of benzene rings is 2. The molecule has 0 saturated carbocycles. The number of carbonyl (C=O) groups is 2. The molecule has 0 aliphatic carbocycles. The number of carboxylic acid groups (broad SMARTS) is 1. The Balaban J connectivity index is 2.07. The van der Waals surface area contributed by atoms with Gasteiger partial charge in [-0.05, 0) is 24.6 Å². The molecule has 3 rings (SSSR count). The molecule has 0 unspecified atom stereocenters. The predicted octanol–water partition coefficient (Wildman–Crippen LogP) is 3.01. The highest BCUT2D eigenvalue weighted by Crippen LogP contribution is 2.36. The number of ketones is 1. The maximum absolute atomic E-state index is 12.6. The number of hydrogen-bond acceptors (Lipinski definition) is 6. The van der Waals surface area contributed by atoms with Gasteiger partial charge in [0.2, 0.25) is 10.0 Å². The molecular weight excluding hydrogens is 396 g/mol. The third kappa shape index (κ3) is 4.41. The van der Waals surface area contributed by atoms with E-state index in [0.29, 0.717) is 33.7 Å². The van der Waals surface area contributed by atoms with Crippen molar-refractivity contribution in [3.63, 3.8) is 0 Å². The van der Waals surface area contributed by atoms with Gasteiger partial charge in [0.15, 0.2) is 5.78 Å². The molecule has 9 heteroatoms. The monoisotopic (exact) mass is 414 g/mol. The Labute approximate surface area is 167 Å². The van der Waals surface area contributed by atoms with Crippen molar-refractivity contribution in [3.8, 4) is 22.4 Å². The molecule has 0 fully saturated rings. The largest absolute Gasteiger partial charge is 0.481 e. The van der Waals surface area contributed by atoms with Crippen molar-refractivity contribution in [1.82, 2.24) is 5.16 Å². The molecule has 3 aromatic rings. The molecule has 0 saturated heterocycles. The molecule has 0 aliphatic heterocycles. The van der Waals surface area contributed by atoms with Gasteiger partial charge in [0, 0.05) is 17.5 Å². The number of Topliss-reactive ketones (excluding diaryl/α,β-unsaturated/α-hetero) is 1. The number of hydrogen-bond donors (Lipinski definition) is 2. The van der Waals surface area contributed by atoms with Crippen molar-refractivity contribution in [1.29, 1.82) is 0 Å². The number of sulfonamides is 1. The van der Waals surface area contributed by atoms with E-state index in [-0.39, 0.29) is 23.5 Å². The molecule has 0 atom stereocenters. The van der Waals surface area contributed by atoms with Crippen molar-refractivity contribution in [2.75, 3.05) is 0 Å². The SMILES string of the molecule is Cc1onc(-c2ccccc2C(=O)CCC(=O)O)c1-c1ccc(S(N)(=O)=O)cc1. The van der Waals surface area contributed by atoms with Gasteiger partial charge in [0.1, 0.15) is 11.5 Å². The Bertz CT molecular complexity index is 1180. The van der Waals surface area contributed by atoms with E-state index in [4.69, 9.17) is 14.8 Å². The number of nitrogens with zero attached hydrogens (tertiary/aromatic N) is 1. The van der Waals surface area contributed by atoms with Crippen LogP contribution < -0.4 is 5.14 Å². The maximum Gasteiger partial charge on any atom is 0.303 e. The summed E-state index contributed by atoms with van der Waals surface area (Å²) in [4.78, 5) is 23.3. The third-order valence-electron chi connectivity index (χ3n) is 4.38. The van der Waals surface area contributed by atoms with E-state index in [1.54, 1.807) is 43.3 Å². The summed E-state index contributed by atoms with van der Waals surface area (Å²) in [5, 5.41) is 18.1. The topological polar surface area (TPSA) is 141 Å². The molecule has 8 nitrogen and oxygen atoms in total. The predicted molar refractivity (Wildman–Crippen MR) is 105 cm³/mol. The lowest BCUT2D eigenvalue weighted by Gasteiger charge is -2.09. The summed E-state index contributed by atoms with van der Waals surface area (Å²) >= 11 is 0. The standard InChI is InChI=1S/C20H18N2O6S/c1-12-19(13-6-8-14(9-7-13)29(21,26)27)20(22-28-12)16-5-3-2-4-15(16)17(23)10-11-18(24)25/h2-9H,10-11H2,1H3,(H,24,25)(H2,21,26,27). The molecule has 0 spiro atoms. The van der Waals surface area contributed by atoms with E-state index >= 15 is 0 Å². The van der Waals surface area contributed by atoms with Gasteiger partial charge in [0.05, 0.1) is 16.9 Å². The van der Waals surface area contributed by atoms with Crippen LogP contribution in [-0.4, -0.2) is 30.4 Å². The molecule has 0 bridgehead atoms. The first-order valence-electron chi connectivity index (χ1n) is 8.62. The quantitative estimate of drug-likeness (QED) is 0.566. The summed E-state index contributed by atoms with van der Waals surface area (Å²) in [6.07, 6.45) is -0.408. The van der Waals surface area contributed by atoms with Crippen molar-refractivity contribution in [3.05, 3.63) is 59.9 Å². The average molecular weight is 414 g/mol. The van der Waals surface area contributed by atoms with Gasteiger partial charge >= 0.3 is 5.97 Å². The van der Waals surface area contributed by atoms with Crippen LogP contribution in [0.25, 0.3) is 22.4 Å². The van der Waals surface area contributed by atoms with Gasteiger partial charge in [-0.15, -0.1) is 0 Å². The van der Waals surface area contributed by atoms with Crippen LogP contribution in [0.1, 0.15) is 29.0 Å². The minimum atomic E-state index is -3.82. The van der Waals surface area contributed by atoms with Crippen molar-refractivity contribution >= 4 is 21.8 Å². The number of aryl methyl sites for hydroxylation is 1. The summed E-state index contributed by atoms with van der Waals surface area (Å²) in [7, 11) is -3.82. The fourth-order valence-corrected chi connectivity index (χ4v) is 3.51. The van der Waals surface area contributed by atoms with Crippen LogP contribution in [0, 0.1) is 6.92 Å². The van der Waals surface area contributed by atoms with Gasteiger partial charge in [-0.3, -0.25) is 9.59 Å². The van der Waals surface area contributed by atoms with E-state index < -0.39 is 16.0 Å². The molecule has 0 radical (unpaired) electrons. The zero-order valence-corrected chi connectivity index (χ0v) is 16.3. The number of nitrogens with two attached hydrogens (primary N) is 1. The molecule has 3 N–H and O–H groups in total. The second-order valence-electron chi connectivity index (χ2n) is 6.39. The lowest BCUT2D eigenvalue weighted by atomic mass is 9.93. The number of aliphatic carboxylic acids is 1. The van der Waals surface area contributed by atoms with Crippen LogP contribution in [0.4, 0.5) is 0 Å². The lowest BCUT2D eigenvalue weighted by Crippen LogP contribution is -2.11. The van der Waals surface area contributed by atoms with Gasteiger partial charge in [-0.1, -0.05) is 41.6 Å². The van der Waals surface area contributed by atoms with Gasteiger partial charge in [-0.2, -0.15) is 0 Å².